The molecular formula is C24H26ClF2N5O3S. The molecule has 1 saturated carbocycles. The van der Waals surface area contributed by atoms with Crippen LogP contribution in [0.4, 0.5) is 20.3 Å². The molecule has 1 aliphatic carbocycles. The number of anilines is 2. The third kappa shape index (κ3) is 6.59. The van der Waals surface area contributed by atoms with Gasteiger partial charge in [0.25, 0.3) is 5.88 Å². The number of hydrogen-bond acceptors (Lipinski definition) is 7. The number of rotatable bonds is 11. The molecule has 36 heavy (non-hydrogen) atoms. The van der Waals surface area contributed by atoms with E-state index < -0.39 is 27.8 Å². The molecule has 0 aliphatic heterocycles. The molecule has 4 rings (SSSR count). The van der Waals surface area contributed by atoms with Crippen molar-refractivity contribution in [3.63, 3.8) is 0 Å². The summed E-state index contributed by atoms with van der Waals surface area (Å²) in [6.07, 6.45) is 2.83. The van der Waals surface area contributed by atoms with E-state index >= 15 is 0 Å². The van der Waals surface area contributed by atoms with E-state index in [4.69, 9.17) is 22.1 Å². The molecule has 0 amide bonds. The van der Waals surface area contributed by atoms with Gasteiger partial charge in [0.15, 0.2) is 5.82 Å². The number of aromatic nitrogens is 2. The van der Waals surface area contributed by atoms with Gasteiger partial charge in [0, 0.05) is 23.4 Å². The molecule has 1 unspecified atom stereocenters. The number of nitrogen functional groups attached to an aromatic ring is 1. The SMILES string of the molecule is CC(Oc1nc(-c2ccc(NS(=O)(=O)CCNCC3CC3)cc2)cnc1N)c1c(F)ccc(F)c1Cl. The van der Waals surface area contributed by atoms with Crippen LogP contribution in [0.5, 0.6) is 5.88 Å². The van der Waals surface area contributed by atoms with Crippen molar-refractivity contribution < 1.29 is 21.9 Å². The first kappa shape index (κ1) is 26.1. The first-order valence-electron chi connectivity index (χ1n) is 11.4. The van der Waals surface area contributed by atoms with Gasteiger partial charge in [-0.15, -0.1) is 0 Å². The second-order valence-electron chi connectivity index (χ2n) is 8.61. The molecule has 0 saturated heterocycles. The van der Waals surface area contributed by atoms with Gasteiger partial charge in [-0.05, 0) is 56.5 Å². The summed E-state index contributed by atoms with van der Waals surface area (Å²) in [6, 6.07) is 8.43. The van der Waals surface area contributed by atoms with E-state index in [1.807, 2.05) is 0 Å². The van der Waals surface area contributed by atoms with Gasteiger partial charge >= 0.3 is 0 Å². The van der Waals surface area contributed by atoms with Gasteiger partial charge < -0.3 is 15.8 Å². The van der Waals surface area contributed by atoms with Gasteiger partial charge in [0.1, 0.15) is 17.7 Å². The third-order valence-corrected chi connectivity index (χ3v) is 7.35. The number of nitrogens with one attached hydrogen (secondary N) is 2. The molecule has 1 atom stereocenters. The lowest BCUT2D eigenvalue weighted by atomic mass is 10.1. The minimum atomic E-state index is -3.50. The quantitative estimate of drug-likeness (QED) is 0.243. The van der Waals surface area contributed by atoms with Crippen molar-refractivity contribution in [2.45, 2.75) is 25.9 Å². The molecule has 1 fully saturated rings. The Morgan fingerprint density at radius 1 is 1.17 bits per heavy atom. The van der Waals surface area contributed by atoms with Gasteiger partial charge in [-0.25, -0.2) is 27.2 Å². The molecule has 0 spiro atoms. The largest absolute Gasteiger partial charge is 0.467 e. The van der Waals surface area contributed by atoms with E-state index in [-0.39, 0.29) is 28.0 Å². The van der Waals surface area contributed by atoms with Crippen LogP contribution < -0.4 is 20.5 Å². The first-order chi connectivity index (χ1) is 17.1. The molecule has 0 bridgehead atoms. The van der Waals surface area contributed by atoms with Crippen molar-refractivity contribution >= 4 is 33.1 Å². The predicted octanol–water partition coefficient (Wildman–Crippen LogP) is 4.54. The Labute approximate surface area is 213 Å². The molecule has 192 valence electrons. The summed E-state index contributed by atoms with van der Waals surface area (Å²) in [5, 5.41) is 2.77. The maximum absolute atomic E-state index is 14.3. The van der Waals surface area contributed by atoms with Crippen LogP contribution in [0, 0.1) is 17.6 Å². The lowest BCUT2D eigenvalue weighted by Gasteiger charge is -2.18. The van der Waals surface area contributed by atoms with Crippen molar-refractivity contribution in [1.82, 2.24) is 15.3 Å². The van der Waals surface area contributed by atoms with Gasteiger partial charge in [0.2, 0.25) is 10.0 Å². The second kappa shape index (κ2) is 10.9. The Morgan fingerprint density at radius 2 is 1.86 bits per heavy atom. The first-order valence-corrected chi connectivity index (χ1v) is 13.4. The predicted molar refractivity (Wildman–Crippen MR) is 135 cm³/mol. The maximum Gasteiger partial charge on any atom is 0.258 e. The zero-order valence-electron chi connectivity index (χ0n) is 19.5. The Bertz CT molecular complexity index is 1340. The highest BCUT2D eigenvalue weighted by molar-refractivity contribution is 7.92. The van der Waals surface area contributed by atoms with Crippen molar-refractivity contribution in [3.8, 4) is 17.1 Å². The average Bonchev–Trinajstić information content (AvgIpc) is 3.66. The Morgan fingerprint density at radius 3 is 2.56 bits per heavy atom. The van der Waals surface area contributed by atoms with E-state index in [0.717, 1.165) is 18.7 Å². The topological polar surface area (TPSA) is 119 Å². The van der Waals surface area contributed by atoms with E-state index in [1.165, 1.54) is 26.0 Å². The molecule has 1 heterocycles. The summed E-state index contributed by atoms with van der Waals surface area (Å²) in [6.45, 7) is 2.72. The summed E-state index contributed by atoms with van der Waals surface area (Å²) in [7, 11) is -3.50. The zero-order valence-corrected chi connectivity index (χ0v) is 21.0. The van der Waals surface area contributed by atoms with Gasteiger partial charge in [-0.1, -0.05) is 23.7 Å². The molecule has 2 aromatic carbocycles. The van der Waals surface area contributed by atoms with Gasteiger partial charge in [-0.3, -0.25) is 4.72 Å². The molecule has 8 nitrogen and oxygen atoms in total. The number of benzene rings is 2. The van der Waals surface area contributed by atoms with Crippen LogP contribution in [0.3, 0.4) is 0 Å². The Kier molecular flexibility index (Phi) is 7.91. The van der Waals surface area contributed by atoms with E-state index in [0.29, 0.717) is 29.4 Å². The lowest BCUT2D eigenvalue weighted by Crippen LogP contribution is -2.28. The van der Waals surface area contributed by atoms with E-state index in [9.17, 15) is 17.2 Å². The van der Waals surface area contributed by atoms with E-state index in [1.54, 1.807) is 24.3 Å². The van der Waals surface area contributed by atoms with Crippen molar-refractivity contribution in [3.05, 3.63) is 64.8 Å². The number of ether oxygens (including phenoxy) is 1. The maximum atomic E-state index is 14.3. The molecule has 12 heteroatoms. The van der Waals surface area contributed by atoms with Crippen LogP contribution in [0.1, 0.15) is 31.4 Å². The molecule has 0 radical (unpaired) electrons. The smallest absolute Gasteiger partial charge is 0.258 e. The third-order valence-electron chi connectivity index (χ3n) is 5.67. The molecule has 3 aromatic rings. The fourth-order valence-electron chi connectivity index (χ4n) is 3.52. The monoisotopic (exact) mass is 537 g/mol. The van der Waals surface area contributed by atoms with Crippen molar-refractivity contribution in [1.29, 1.82) is 0 Å². The number of halogens is 3. The van der Waals surface area contributed by atoms with Gasteiger partial charge in [0.05, 0.1) is 22.7 Å². The van der Waals surface area contributed by atoms with Gasteiger partial charge in [-0.2, -0.15) is 0 Å². The summed E-state index contributed by atoms with van der Waals surface area (Å²) in [4.78, 5) is 8.42. The zero-order chi connectivity index (χ0) is 25.9. The van der Waals surface area contributed by atoms with E-state index in [2.05, 4.69) is 20.0 Å². The van der Waals surface area contributed by atoms with Crippen LogP contribution in [-0.2, 0) is 10.0 Å². The highest BCUT2D eigenvalue weighted by Crippen LogP contribution is 2.33. The summed E-state index contributed by atoms with van der Waals surface area (Å²) < 4.78 is 60.9. The molecular weight excluding hydrogens is 512 g/mol. The second-order valence-corrected chi connectivity index (χ2v) is 10.8. The molecule has 1 aromatic heterocycles. The average molecular weight is 538 g/mol. The van der Waals surface area contributed by atoms with Crippen LogP contribution in [-0.4, -0.2) is 37.2 Å². The minimum Gasteiger partial charge on any atom is -0.467 e. The number of nitrogens with zero attached hydrogens (tertiary/aromatic N) is 2. The van der Waals surface area contributed by atoms with Crippen LogP contribution in [0.2, 0.25) is 5.02 Å². The normalized spacial score (nSPS) is 14.4. The van der Waals surface area contributed by atoms with Crippen LogP contribution >= 0.6 is 11.6 Å². The minimum absolute atomic E-state index is 0.0281. The standard InChI is InChI=1S/C24H26ClF2N5O3S/c1-14(21-18(26)8-9-19(27)22(21)25)35-24-23(28)30-13-20(31-24)16-4-6-17(7-5-16)32-36(33,34)11-10-29-12-15-2-3-15/h4-9,13-15,29,32H,2-3,10-12H2,1H3,(H2,28,30). The highest BCUT2D eigenvalue weighted by Gasteiger charge is 2.22. The highest BCUT2D eigenvalue weighted by atomic mass is 35.5. The number of sulfonamides is 1. The Balaban J connectivity index is 1.43. The van der Waals surface area contributed by atoms with Crippen molar-refractivity contribution in [2.24, 2.45) is 5.92 Å². The molecule has 1 aliphatic rings. The Hall–Kier alpha value is -3.02. The fraction of sp³-hybridized carbons (Fsp3) is 0.333. The summed E-state index contributed by atoms with van der Waals surface area (Å²) in [5.74, 6) is -0.977. The number of hydrogen-bond donors (Lipinski definition) is 3. The van der Waals surface area contributed by atoms with Crippen LogP contribution in [0.15, 0.2) is 42.6 Å². The fourth-order valence-corrected chi connectivity index (χ4v) is 4.84. The number of nitrogens with two attached hydrogens (primary N) is 1. The summed E-state index contributed by atoms with van der Waals surface area (Å²) in [5.41, 5.74) is 7.13. The van der Waals surface area contributed by atoms with Crippen molar-refractivity contribution in [2.75, 3.05) is 29.3 Å². The lowest BCUT2D eigenvalue weighted by molar-refractivity contribution is 0.213. The van der Waals surface area contributed by atoms with Crippen LogP contribution in [0.25, 0.3) is 11.3 Å². The summed E-state index contributed by atoms with van der Waals surface area (Å²) >= 11 is 5.92. The molecule has 4 N–H and O–H groups in total.